The van der Waals surface area contributed by atoms with E-state index in [1.54, 1.807) is 40.7 Å². The van der Waals surface area contributed by atoms with E-state index in [1.807, 2.05) is 29.5 Å². The van der Waals surface area contributed by atoms with Crippen LogP contribution < -0.4 is 19.5 Å². The summed E-state index contributed by atoms with van der Waals surface area (Å²) in [5.41, 5.74) is -1.30. The SMILES string of the molecule is CC/C=C1\C2=C(NC(=O)OC)C(=O)C[C@@]1(O)C#C/C=C\C#C[C@@H]2OC1OC(C)C(COC2CC(O)C(SC(=O)c3c(C)c(I)c(OC4OC(C)C(O)C(C)C4O)c(OC)c3OC)C(C)O2)C(O)C1OC1CC(C)C(CCC)CO1.S=S=S. The molecule has 17 unspecified atom stereocenters. The van der Waals surface area contributed by atoms with Crippen molar-refractivity contribution in [3.8, 4) is 40.9 Å². The van der Waals surface area contributed by atoms with E-state index in [9.17, 15) is 39.9 Å². The normalized spacial score (nSPS) is 36.2. The first-order chi connectivity index (χ1) is 39.0. The molecule has 4 saturated heterocycles. The van der Waals surface area contributed by atoms with Gasteiger partial charge in [0, 0.05) is 67.1 Å². The standard InChI is InChI=1S/C57H76INO19S.S3/c1-12-18-33-25-71-39(22-27(33)3)77-50-47(64)34(30(6)74-55(50)76-38-20-16-14-15-17-21-57(67)24-37(61)44(59-56(66)70-11)42(38)35(57)19-13-2)26-72-40-23-36(60)52(32(8)73-40)79-53(65)41-28(4)43(58)49(51(69-10)48(41)68-9)78-54-46(63)29(5)45(62)31(7)75-54;1-3-2/h14-15,19,27,29-34,36,38-40,45-47,50,52,54-55,60,62-64,67H,12-13,18,22-26H2,1-11H3,(H,59,66);/b15-14-,35-19+;/t27?,29?,30?,31?,32?,33?,34?,36?,38-,39?,40?,45?,46?,47?,50?,52?,54?,55?,57-;/m0./s1. The summed E-state index contributed by atoms with van der Waals surface area (Å²) in [6.45, 7) is 14.9. The lowest BCUT2D eigenvalue weighted by atomic mass is 9.75. The number of methoxy groups -OCH3 is 3. The summed E-state index contributed by atoms with van der Waals surface area (Å²) in [7, 11) is 4.85. The molecule has 19 atom stereocenters. The van der Waals surface area contributed by atoms with Crippen molar-refractivity contribution < 1.29 is 92.0 Å². The zero-order valence-electron chi connectivity index (χ0n) is 47.7. The van der Waals surface area contributed by atoms with Crippen LogP contribution in [0.15, 0.2) is 35.1 Å². The maximum atomic E-state index is 14.4. The Kier molecular flexibility index (Phi) is 25.6. The van der Waals surface area contributed by atoms with Crippen molar-refractivity contribution in [2.24, 2.45) is 23.7 Å². The average molecular weight is 1330 g/mol. The number of allylic oxidation sites excluding steroid dienone is 4. The Balaban J connectivity index is 0.00000352. The highest BCUT2D eigenvalue weighted by atomic mass is 127. The fraction of sp³-hybridized carbons (Fsp3) is 0.667. The van der Waals surface area contributed by atoms with Crippen molar-refractivity contribution in [1.82, 2.24) is 5.32 Å². The van der Waals surface area contributed by atoms with Gasteiger partial charge in [0.05, 0.1) is 97.7 Å². The summed E-state index contributed by atoms with van der Waals surface area (Å²) >= 11 is 11.2. The molecule has 4 fully saturated rings. The summed E-state index contributed by atoms with van der Waals surface area (Å²) in [5, 5.41) is 59.0. The minimum atomic E-state index is -1.99. The highest BCUT2D eigenvalue weighted by molar-refractivity contribution is 14.1. The van der Waals surface area contributed by atoms with Gasteiger partial charge in [-0.2, -0.15) is 0 Å². The van der Waals surface area contributed by atoms with Gasteiger partial charge < -0.3 is 77.6 Å². The third kappa shape index (κ3) is 15.7. The number of alkyl carbamates (subject to hydrolysis) is 1. The number of amides is 1. The molecule has 0 saturated carbocycles. The first-order valence-electron chi connectivity index (χ1n) is 27.2. The number of ether oxygens (including phenoxy) is 11. The lowest BCUT2D eigenvalue weighted by Gasteiger charge is -2.46. The second kappa shape index (κ2) is 31.0. The monoisotopic (exact) mass is 1330 g/mol. The van der Waals surface area contributed by atoms with Crippen molar-refractivity contribution in [1.29, 1.82) is 0 Å². The van der Waals surface area contributed by atoms with Gasteiger partial charge >= 0.3 is 6.09 Å². The van der Waals surface area contributed by atoms with Crippen LogP contribution in [-0.4, -0.2) is 168 Å². The van der Waals surface area contributed by atoms with Crippen LogP contribution in [0, 0.1) is 57.8 Å². The minimum Gasteiger partial charge on any atom is -0.492 e. The number of carbonyl (C=O) groups excluding carboxylic acids is 3. The molecule has 6 aliphatic rings. The summed E-state index contributed by atoms with van der Waals surface area (Å²) in [4.78, 5) is 41.1. The summed E-state index contributed by atoms with van der Waals surface area (Å²) in [5.74, 6) is 10.4. The van der Waals surface area contributed by atoms with Gasteiger partial charge in [-0.15, -0.1) is 0 Å². The number of ketones is 1. The lowest BCUT2D eigenvalue weighted by molar-refractivity contribution is -0.337. The van der Waals surface area contributed by atoms with Crippen LogP contribution in [0.2, 0.25) is 0 Å². The lowest BCUT2D eigenvalue weighted by Crippen LogP contribution is -2.59. The quantitative estimate of drug-likeness (QED) is 0.0846. The van der Waals surface area contributed by atoms with Gasteiger partial charge in [-0.3, -0.25) is 14.9 Å². The fourth-order valence-electron chi connectivity index (χ4n) is 10.9. The molecule has 1 aromatic rings. The van der Waals surface area contributed by atoms with Crippen molar-refractivity contribution in [2.45, 2.75) is 185 Å². The van der Waals surface area contributed by atoms with Crippen LogP contribution in [-0.2, 0) is 73.9 Å². The molecule has 454 valence electrons. The molecule has 0 aromatic heterocycles. The van der Waals surface area contributed by atoms with Crippen LogP contribution in [0.5, 0.6) is 17.2 Å². The maximum Gasteiger partial charge on any atom is 0.411 e. The zero-order chi connectivity index (χ0) is 60.3. The number of carbonyl (C=O) groups is 3. The molecular weight excluding hydrogens is 1260 g/mol. The number of rotatable bonds is 17. The topological polar surface area (TPSA) is 266 Å². The van der Waals surface area contributed by atoms with E-state index < -0.39 is 126 Å². The Morgan fingerprint density at radius 3 is 2.21 bits per heavy atom. The van der Waals surface area contributed by atoms with E-state index >= 15 is 0 Å². The van der Waals surface area contributed by atoms with Gasteiger partial charge in [-0.1, -0.05) is 75.6 Å². The summed E-state index contributed by atoms with van der Waals surface area (Å²) < 4.78 is 68.0. The molecule has 0 radical (unpaired) electrons. The van der Waals surface area contributed by atoms with Crippen LogP contribution in [0.25, 0.3) is 0 Å². The maximum absolute atomic E-state index is 14.4. The minimum absolute atomic E-state index is 0.0359. The number of nitrogens with one attached hydrogen (secondary N) is 1. The van der Waals surface area contributed by atoms with Crippen LogP contribution in [0.4, 0.5) is 4.79 Å². The second-order valence-electron chi connectivity index (χ2n) is 21.0. The molecule has 25 heteroatoms. The number of Topliss-reactive ketones (excluding diaryl/α,β-unsaturated/α-hetero) is 1. The smallest absolute Gasteiger partial charge is 0.411 e. The number of aliphatic hydroxyl groups is 5. The van der Waals surface area contributed by atoms with E-state index in [2.05, 4.69) is 65.2 Å². The van der Waals surface area contributed by atoms with Crippen molar-refractivity contribution in [3.63, 3.8) is 0 Å². The summed E-state index contributed by atoms with van der Waals surface area (Å²) in [6.07, 6.45) is -7.66. The predicted molar refractivity (Wildman–Crippen MR) is 318 cm³/mol. The Labute approximate surface area is 510 Å². The first kappa shape index (κ1) is 67.9. The van der Waals surface area contributed by atoms with Gasteiger partial charge in [0.25, 0.3) is 0 Å². The molecule has 20 nitrogen and oxygen atoms in total. The van der Waals surface area contributed by atoms with E-state index in [4.69, 9.17) is 52.1 Å². The number of thioether (sulfide) groups is 1. The summed E-state index contributed by atoms with van der Waals surface area (Å²) in [6, 6.07) is 0. The zero-order valence-corrected chi connectivity index (χ0v) is 53.2. The third-order valence-corrected chi connectivity index (χ3v) is 18.2. The molecule has 0 spiro atoms. The van der Waals surface area contributed by atoms with Crippen molar-refractivity contribution >= 4 is 82.6 Å². The van der Waals surface area contributed by atoms with Gasteiger partial charge in [-0.25, -0.2) is 4.79 Å². The Hall–Kier alpha value is -3.17. The van der Waals surface area contributed by atoms with E-state index in [-0.39, 0.29) is 58.6 Å². The number of benzene rings is 1. The Morgan fingerprint density at radius 1 is 0.890 bits per heavy atom. The highest BCUT2D eigenvalue weighted by Crippen LogP contribution is 2.49. The number of hydrogen-bond donors (Lipinski definition) is 6. The number of hydrogen-bond acceptors (Lipinski definition) is 22. The molecule has 4 heterocycles. The molecule has 2 aliphatic carbocycles. The largest absolute Gasteiger partial charge is 0.492 e. The first-order valence-corrected chi connectivity index (χ1v) is 31.9. The predicted octanol–water partition coefficient (Wildman–Crippen LogP) is 5.36. The molecule has 6 N–H and O–H groups in total. The molecule has 7 rings (SSSR count). The average Bonchev–Trinajstić information content (AvgIpc) is 2.17. The van der Waals surface area contributed by atoms with Gasteiger partial charge in [0.2, 0.25) is 17.2 Å². The highest BCUT2D eigenvalue weighted by Gasteiger charge is 2.51. The van der Waals surface area contributed by atoms with Crippen LogP contribution in [0.3, 0.4) is 0 Å². The number of halogens is 1. The van der Waals surface area contributed by atoms with Crippen LogP contribution >= 0.6 is 34.4 Å². The molecule has 1 amide bonds. The van der Waals surface area contributed by atoms with Gasteiger partial charge in [0.1, 0.15) is 18.3 Å². The molecule has 1 aromatic carbocycles. The van der Waals surface area contributed by atoms with Crippen molar-refractivity contribution in [3.05, 3.63) is 49.8 Å². The van der Waals surface area contributed by atoms with E-state index in [0.29, 0.717) is 34.5 Å². The number of aliphatic hydroxyl groups excluding tert-OH is 4. The van der Waals surface area contributed by atoms with Gasteiger partial charge in [0.15, 0.2) is 41.8 Å². The third-order valence-electron chi connectivity index (χ3n) is 15.6. The number of fused-ring (bicyclic) bond motifs is 2. The Bertz CT molecular complexity index is 2710. The Morgan fingerprint density at radius 2 is 1.57 bits per heavy atom. The second-order valence-corrected chi connectivity index (χ2v) is 25.0. The molecule has 2 bridgehead atoms. The van der Waals surface area contributed by atoms with Crippen LogP contribution in [0.1, 0.15) is 103 Å². The van der Waals surface area contributed by atoms with E-state index in [0.717, 1.165) is 40.6 Å². The molecular formula is C57H76INO19S4. The van der Waals surface area contributed by atoms with Gasteiger partial charge in [-0.05, 0) is 92.7 Å². The fourth-order valence-corrected chi connectivity index (χ4v) is 12.7. The molecule has 82 heavy (non-hydrogen) atoms. The molecule has 4 aliphatic heterocycles. The van der Waals surface area contributed by atoms with Crippen molar-refractivity contribution in [2.75, 3.05) is 34.5 Å². The van der Waals surface area contributed by atoms with E-state index in [1.165, 1.54) is 26.4 Å².